The normalized spacial score (nSPS) is 13.2. The van der Waals surface area contributed by atoms with Gasteiger partial charge in [0.05, 0.1) is 34.5 Å². The summed E-state index contributed by atoms with van der Waals surface area (Å²) in [6, 6.07) is 9.56. The molecule has 11 heteroatoms. The Labute approximate surface area is 219 Å². The Bertz CT molecular complexity index is 1470. The van der Waals surface area contributed by atoms with Crippen LogP contribution in [0.15, 0.2) is 56.5 Å². The third-order valence-corrected chi connectivity index (χ3v) is 7.63. The molecule has 0 spiro atoms. The van der Waals surface area contributed by atoms with Gasteiger partial charge in [0.2, 0.25) is 0 Å². The van der Waals surface area contributed by atoms with Gasteiger partial charge in [0.1, 0.15) is 27.3 Å². The smallest absolute Gasteiger partial charge is 0.289 e. The van der Waals surface area contributed by atoms with Gasteiger partial charge in [-0.05, 0) is 61.6 Å². The first-order chi connectivity index (χ1) is 17.4. The van der Waals surface area contributed by atoms with Gasteiger partial charge in [-0.3, -0.25) is 14.9 Å². The summed E-state index contributed by atoms with van der Waals surface area (Å²) in [4.78, 5) is 29.4. The lowest BCUT2D eigenvalue weighted by Gasteiger charge is -2.12. The number of halogens is 2. The van der Waals surface area contributed by atoms with Crippen LogP contribution < -0.4 is 5.32 Å². The van der Waals surface area contributed by atoms with Crippen LogP contribution in [0.4, 0.5) is 10.7 Å². The average Bonchev–Trinajstić information content (AvgIpc) is 3.61. The van der Waals surface area contributed by atoms with Crippen molar-refractivity contribution in [3.8, 4) is 11.3 Å². The van der Waals surface area contributed by atoms with Crippen molar-refractivity contribution in [2.24, 2.45) is 4.99 Å². The number of benzene rings is 1. The van der Waals surface area contributed by atoms with Crippen molar-refractivity contribution in [3.05, 3.63) is 90.3 Å². The third-order valence-electron chi connectivity index (χ3n) is 5.82. The van der Waals surface area contributed by atoms with Crippen LogP contribution in [0.2, 0.25) is 10.0 Å². The minimum atomic E-state index is -0.596. The van der Waals surface area contributed by atoms with Gasteiger partial charge in [-0.1, -0.05) is 23.2 Å². The summed E-state index contributed by atoms with van der Waals surface area (Å²) in [6.45, 7) is 0.291. The van der Waals surface area contributed by atoms with Crippen molar-refractivity contribution in [2.75, 3.05) is 0 Å². The molecular weight excluding hydrogens is 525 g/mol. The molecule has 1 amide bonds. The predicted octanol–water partition coefficient (Wildman–Crippen LogP) is 7.38. The number of fused-ring (bicyclic) bond motifs is 1. The molecule has 0 radical (unpaired) electrons. The molecule has 0 aliphatic heterocycles. The van der Waals surface area contributed by atoms with Crippen molar-refractivity contribution < 1.29 is 18.6 Å². The van der Waals surface area contributed by atoms with E-state index in [1.807, 2.05) is 0 Å². The van der Waals surface area contributed by atoms with E-state index in [-0.39, 0.29) is 21.6 Å². The zero-order valence-corrected chi connectivity index (χ0v) is 21.1. The Kier molecular flexibility index (Phi) is 6.95. The molecule has 0 saturated heterocycles. The number of hydrogen-bond acceptors (Lipinski definition) is 7. The minimum absolute atomic E-state index is 0.0413. The second kappa shape index (κ2) is 10.3. The van der Waals surface area contributed by atoms with E-state index in [2.05, 4.69) is 10.3 Å². The standard InChI is InChI=1S/C25H19Cl2N3O5S/c26-18-11-20(30(32)33)19(27)10-17(18)21-8-7-15(35-21)13-29-25-23(16-5-1-2-6-22(16)36-25)24(31)28-12-14-4-3-9-34-14/h3-4,7-11,13H,1-2,5-6,12H2,(H,28,31)/b29-13+. The molecule has 0 atom stereocenters. The van der Waals surface area contributed by atoms with Crippen molar-refractivity contribution in [3.63, 3.8) is 0 Å². The summed E-state index contributed by atoms with van der Waals surface area (Å²) in [5.41, 5.74) is 1.80. The lowest BCUT2D eigenvalue weighted by Crippen LogP contribution is -2.23. The van der Waals surface area contributed by atoms with Crippen LogP contribution in [-0.4, -0.2) is 17.0 Å². The molecule has 3 heterocycles. The summed E-state index contributed by atoms with van der Waals surface area (Å²) in [7, 11) is 0. The second-order valence-corrected chi connectivity index (χ2v) is 10.1. The zero-order chi connectivity index (χ0) is 25.2. The zero-order valence-electron chi connectivity index (χ0n) is 18.8. The molecule has 0 bridgehead atoms. The maximum Gasteiger partial charge on any atom is 0.289 e. The Hall–Kier alpha value is -3.40. The largest absolute Gasteiger partial charge is 0.467 e. The highest BCUT2D eigenvalue weighted by molar-refractivity contribution is 7.16. The maximum atomic E-state index is 13.1. The van der Waals surface area contributed by atoms with Crippen LogP contribution in [0.1, 0.15) is 45.2 Å². The molecule has 5 rings (SSSR count). The molecule has 1 N–H and O–H groups in total. The average molecular weight is 544 g/mol. The van der Waals surface area contributed by atoms with Gasteiger partial charge in [0.15, 0.2) is 0 Å². The number of aryl methyl sites for hydroxylation is 1. The van der Waals surface area contributed by atoms with Crippen molar-refractivity contribution >= 4 is 57.3 Å². The number of furan rings is 2. The summed E-state index contributed by atoms with van der Waals surface area (Å²) in [5.74, 6) is 1.31. The number of nitrogens with one attached hydrogen (secondary N) is 1. The summed E-state index contributed by atoms with van der Waals surface area (Å²) < 4.78 is 11.2. The third kappa shape index (κ3) is 4.95. The van der Waals surface area contributed by atoms with Crippen LogP contribution in [0.5, 0.6) is 0 Å². The van der Waals surface area contributed by atoms with Crippen LogP contribution in [0.25, 0.3) is 11.3 Å². The fraction of sp³-hybridized carbons (Fsp3) is 0.200. The van der Waals surface area contributed by atoms with E-state index >= 15 is 0 Å². The fourth-order valence-corrected chi connectivity index (χ4v) is 5.81. The molecule has 1 aliphatic carbocycles. The molecule has 184 valence electrons. The SMILES string of the molecule is O=C(NCc1ccco1)c1c(/N=C/c2ccc(-c3cc(Cl)c([N+](=O)[O-])cc3Cl)o2)sc2c1CCCC2. The molecule has 0 saturated carbocycles. The molecule has 1 aliphatic rings. The van der Waals surface area contributed by atoms with Gasteiger partial charge < -0.3 is 14.2 Å². The number of nitrogens with zero attached hydrogens (tertiary/aromatic N) is 2. The molecule has 3 aromatic heterocycles. The topological polar surface area (TPSA) is 111 Å². The number of carbonyl (C=O) groups excluding carboxylic acids is 1. The first-order valence-electron chi connectivity index (χ1n) is 11.1. The van der Waals surface area contributed by atoms with E-state index in [0.717, 1.165) is 31.2 Å². The first kappa shape index (κ1) is 24.3. The van der Waals surface area contributed by atoms with E-state index in [1.165, 1.54) is 28.3 Å². The van der Waals surface area contributed by atoms with Crippen LogP contribution in [0, 0.1) is 10.1 Å². The van der Waals surface area contributed by atoms with E-state index in [9.17, 15) is 14.9 Å². The Morgan fingerprint density at radius 1 is 1.19 bits per heavy atom. The van der Waals surface area contributed by atoms with Crippen LogP contribution in [0.3, 0.4) is 0 Å². The van der Waals surface area contributed by atoms with Gasteiger partial charge in [-0.25, -0.2) is 4.99 Å². The van der Waals surface area contributed by atoms with Gasteiger partial charge in [0.25, 0.3) is 11.6 Å². The van der Waals surface area contributed by atoms with E-state index in [1.54, 1.807) is 36.7 Å². The van der Waals surface area contributed by atoms with Crippen LogP contribution in [-0.2, 0) is 19.4 Å². The summed E-state index contributed by atoms with van der Waals surface area (Å²) in [5, 5.41) is 14.7. The van der Waals surface area contributed by atoms with Crippen LogP contribution >= 0.6 is 34.5 Å². The number of hydrogen-bond donors (Lipinski definition) is 1. The van der Waals surface area contributed by atoms with E-state index in [0.29, 0.717) is 40.0 Å². The van der Waals surface area contributed by atoms with Gasteiger partial charge in [0, 0.05) is 16.5 Å². The Morgan fingerprint density at radius 3 is 2.81 bits per heavy atom. The summed E-state index contributed by atoms with van der Waals surface area (Å²) in [6.07, 6.45) is 7.01. The lowest BCUT2D eigenvalue weighted by molar-refractivity contribution is -0.384. The van der Waals surface area contributed by atoms with Gasteiger partial charge in [-0.15, -0.1) is 11.3 Å². The molecule has 0 fully saturated rings. The number of nitro groups is 1. The number of carbonyl (C=O) groups is 1. The van der Waals surface area contributed by atoms with E-state index < -0.39 is 4.92 Å². The van der Waals surface area contributed by atoms with E-state index in [4.69, 9.17) is 32.0 Å². The number of amides is 1. The predicted molar refractivity (Wildman–Crippen MR) is 139 cm³/mol. The Morgan fingerprint density at radius 2 is 2.03 bits per heavy atom. The number of nitro benzene ring substituents is 1. The second-order valence-electron chi connectivity index (χ2n) is 8.15. The van der Waals surface area contributed by atoms with Crippen molar-refractivity contribution in [2.45, 2.75) is 32.2 Å². The van der Waals surface area contributed by atoms with Crippen molar-refractivity contribution in [1.82, 2.24) is 5.32 Å². The number of thiophene rings is 1. The number of rotatable bonds is 7. The molecule has 1 aromatic carbocycles. The summed E-state index contributed by atoms with van der Waals surface area (Å²) >= 11 is 13.8. The van der Waals surface area contributed by atoms with Gasteiger partial charge in [-0.2, -0.15) is 0 Å². The highest BCUT2D eigenvalue weighted by Crippen LogP contribution is 2.40. The quantitative estimate of drug-likeness (QED) is 0.148. The molecular formula is C25H19Cl2N3O5S. The Balaban J connectivity index is 1.41. The highest BCUT2D eigenvalue weighted by atomic mass is 35.5. The first-order valence-corrected chi connectivity index (χ1v) is 12.7. The fourth-order valence-electron chi connectivity index (χ4n) is 4.10. The molecule has 4 aromatic rings. The number of aliphatic imine (C=N–C) groups is 1. The molecule has 8 nitrogen and oxygen atoms in total. The van der Waals surface area contributed by atoms with Gasteiger partial charge >= 0.3 is 0 Å². The molecule has 0 unspecified atom stereocenters. The minimum Gasteiger partial charge on any atom is -0.467 e. The van der Waals surface area contributed by atoms with Crippen molar-refractivity contribution in [1.29, 1.82) is 0 Å². The maximum absolute atomic E-state index is 13.1. The molecule has 36 heavy (non-hydrogen) atoms. The monoisotopic (exact) mass is 543 g/mol. The lowest BCUT2D eigenvalue weighted by atomic mass is 9.95. The highest BCUT2D eigenvalue weighted by Gasteiger charge is 2.25.